The van der Waals surface area contributed by atoms with E-state index in [2.05, 4.69) is 33.8 Å². The van der Waals surface area contributed by atoms with E-state index >= 15 is 0 Å². The van der Waals surface area contributed by atoms with Crippen molar-refractivity contribution in [2.75, 3.05) is 0 Å². The summed E-state index contributed by atoms with van der Waals surface area (Å²) in [5.41, 5.74) is 2.22. The van der Waals surface area contributed by atoms with Crippen LogP contribution in [0.5, 0.6) is 0 Å². The second-order valence-corrected chi connectivity index (χ2v) is 8.31. The lowest BCUT2D eigenvalue weighted by Crippen LogP contribution is -2.52. The Morgan fingerprint density at radius 1 is 1.39 bits per heavy atom. The Labute approximate surface area is 139 Å². The molecule has 0 saturated heterocycles. The molecule has 1 saturated carbocycles. The van der Waals surface area contributed by atoms with Crippen LogP contribution < -0.4 is 0 Å². The standard InChI is InChI=1S/C20H30O3/c1-13(12-18(22)23)6-8-15-14(2)7-9-16-19(3,4)17(21)10-11-20(15,16)5/h7,12,15-16H,6,8-11H2,1-5H3,(H,22,23). The first-order valence-electron chi connectivity index (χ1n) is 8.69. The molecule has 0 amide bonds. The number of allylic oxidation sites excluding steroid dienone is 3. The molecule has 0 bridgehead atoms. The molecule has 0 aliphatic heterocycles. The van der Waals surface area contributed by atoms with Crippen LogP contribution in [0.25, 0.3) is 0 Å². The van der Waals surface area contributed by atoms with Crippen molar-refractivity contribution in [2.45, 2.75) is 66.7 Å². The highest BCUT2D eigenvalue weighted by atomic mass is 16.4. The van der Waals surface area contributed by atoms with Crippen molar-refractivity contribution in [2.24, 2.45) is 22.7 Å². The Kier molecular flexibility index (Phi) is 4.89. The number of carboxylic acids is 1. The Balaban J connectivity index is 2.25. The van der Waals surface area contributed by atoms with Gasteiger partial charge in [-0.25, -0.2) is 4.79 Å². The quantitative estimate of drug-likeness (QED) is 0.600. The molecule has 2 aliphatic carbocycles. The summed E-state index contributed by atoms with van der Waals surface area (Å²) in [7, 11) is 0. The third-order valence-electron chi connectivity index (χ3n) is 6.50. The zero-order valence-corrected chi connectivity index (χ0v) is 15.1. The molecule has 3 unspecified atom stereocenters. The molecular weight excluding hydrogens is 288 g/mol. The van der Waals surface area contributed by atoms with E-state index in [9.17, 15) is 9.59 Å². The average molecular weight is 318 g/mol. The Bertz CT molecular complexity index is 567. The van der Waals surface area contributed by atoms with Crippen LogP contribution in [0, 0.1) is 22.7 Å². The highest BCUT2D eigenvalue weighted by Gasteiger charge is 2.54. The van der Waals surface area contributed by atoms with Gasteiger partial charge in [-0.3, -0.25) is 4.79 Å². The maximum atomic E-state index is 12.4. The van der Waals surface area contributed by atoms with Gasteiger partial charge in [-0.15, -0.1) is 0 Å². The molecule has 2 aliphatic rings. The molecule has 0 aromatic heterocycles. The predicted molar refractivity (Wildman–Crippen MR) is 92.1 cm³/mol. The number of fused-ring (bicyclic) bond motifs is 1. The molecule has 128 valence electrons. The smallest absolute Gasteiger partial charge is 0.328 e. The van der Waals surface area contributed by atoms with Gasteiger partial charge in [-0.1, -0.05) is 38.0 Å². The van der Waals surface area contributed by atoms with E-state index in [1.54, 1.807) is 0 Å². The van der Waals surface area contributed by atoms with E-state index in [1.165, 1.54) is 11.6 Å². The van der Waals surface area contributed by atoms with Gasteiger partial charge in [0.05, 0.1) is 0 Å². The van der Waals surface area contributed by atoms with E-state index in [0.717, 1.165) is 31.3 Å². The van der Waals surface area contributed by atoms with Crippen molar-refractivity contribution in [3.8, 4) is 0 Å². The number of hydrogen-bond donors (Lipinski definition) is 1. The monoisotopic (exact) mass is 318 g/mol. The number of hydrogen-bond acceptors (Lipinski definition) is 2. The van der Waals surface area contributed by atoms with E-state index in [-0.39, 0.29) is 10.8 Å². The van der Waals surface area contributed by atoms with Gasteiger partial charge in [-0.2, -0.15) is 0 Å². The average Bonchev–Trinajstić information content (AvgIpc) is 2.42. The summed E-state index contributed by atoms with van der Waals surface area (Å²) in [5.74, 6) is 0.347. The minimum absolute atomic E-state index is 0.139. The summed E-state index contributed by atoms with van der Waals surface area (Å²) >= 11 is 0. The van der Waals surface area contributed by atoms with Crippen LogP contribution in [-0.4, -0.2) is 16.9 Å². The summed E-state index contributed by atoms with van der Waals surface area (Å²) in [6, 6.07) is 0. The van der Waals surface area contributed by atoms with Crippen molar-refractivity contribution in [1.29, 1.82) is 0 Å². The number of carboxylic acid groups (broad SMARTS) is 1. The largest absolute Gasteiger partial charge is 0.478 e. The van der Waals surface area contributed by atoms with Gasteiger partial charge in [0.1, 0.15) is 5.78 Å². The highest BCUT2D eigenvalue weighted by molar-refractivity contribution is 5.85. The zero-order chi connectivity index (χ0) is 17.4. The minimum Gasteiger partial charge on any atom is -0.478 e. The molecule has 0 aromatic carbocycles. The maximum absolute atomic E-state index is 12.4. The van der Waals surface area contributed by atoms with Gasteiger partial charge in [0.2, 0.25) is 0 Å². The molecule has 0 radical (unpaired) electrons. The van der Waals surface area contributed by atoms with Crippen molar-refractivity contribution < 1.29 is 14.7 Å². The molecule has 1 N–H and O–H groups in total. The number of carbonyl (C=O) groups is 2. The molecule has 3 heteroatoms. The van der Waals surface area contributed by atoms with E-state index in [1.807, 2.05) is 6.92 Å². The Hall–Kier alpha value is -1.38. The van der Waals surface area contributed by atoms with Crippen LogP contribution in [0.2, 0.25) is 0 Å². The van der Waals surface area contributed by atoms with Crippen LogP contribution in [0.15, 0.2) is 23.3 Å². The second-order valence-electron chi connectivity index (χ2n) is 8.31. The molecule has 0 spiro atoms. The van der Waals surface area contributed by atoms with Gasteiger partial charge in [-0.05, 0) is 56.8 Å². The number of carbonyl (C=O) groups excluding carboxylic acids is 1. The SMILES string of the molecule is CC(=CC(=O)O)CCC1C(C)=CCC2C(C)(C)C(=O)CCC12C. The first-order valence-corrected chi connectivity index (χ1v) is 8.69. The lowest BCUT2D eigenvalue weighted by atomic mass is 9.48. The summed E-state index contributed by atoms with van der Waals surface area (Å²) < 4.78 is 0. The molecule has 0 heterocycles. The van der Waals surface area contributed by atoms with Crippen LogP contribution in [0.4, 0.5) is 0 Å². The third kappa shape index (κ3) is 3.29. The van der Waals surface area contributed by atoms with Crippen LogP contribution in [0.3, 0.4) is 0 Å². The van der Waals surface area contributed by atoms with Crippen molar-refractivity contribution in [1.82, 2.24) is 0 Å². The first-order chi connectivity index (χ1) is 10.6. The Morgan fingerprint density at radius 2 is 2.04 bits per heavy atom. The predicted octanol–water partition coefficient (Wildman–Crippen LogP) is 4.78. The lowest BCUT2D eigenvalue weighted by molar-refractivity contribution is -0.143. The fourth-order valence-corrected chi connectivity index (χ4v) is 5.06. The summed E-state index contributed by atoms with van der Waals surface area (Å²) in [4.78, 5) is 23.2. The molecule has 1 fully saturated rings. The van der Waals surface area contributed by atoms with E-state index < -0.39 is 5.97 Å². The van der Waals surface area contributed by atoms with Crippen molar-refractivity contribution in [3.05, 3.63) is 23.3 Å². The third-order valence-corrected chi connectivity index (χ3v) is 6.50. The van der Waals surface area contributed by atoms with Gasteiger partial charge < -0.3 is 5.11 Å². The second kappa shape index (κ2) is 6.26. The van der Waals surface area contributed by atoms with Gasteiger partial charge in [0, 0.05) is 17.9 Å². The fraction of sp³-hybridized carbons (Fsp3) is 0.700. The van der Waals surface area contributed by atoms with Crippen molar-refractivity contribution in [3.63, 3.8) is 0 Å². The summed E-state index contributed by atoms with van der Waals surface area (Å²) in [6.45, 7) is 10.7. The maximum Gasteiger partial charge on any atom is 0.328 e. The number of ketones is 1. The van der Waals surface area contributed by atoms with E-state index in [0.29, 0.717) is 24.0 Å². The highest BCUT2D eigenvalue weighted by Crippen LogP contribution is 2.59. The molecule has 3 nitrogen and oxygen atoms in total. The number of Topliss-reactive ketones (excluding diaryl/α,β-unsaturated/α-hetero) is 1. The summed E-state index contributed by atoms with van der Waals surface area (Å²) in [5, 5.41) is 8.88. The van der Waals surface area contributed by atoms with Crippen LogP contribution >= 0.6 is 0 Å². The van der Waals surface area contributed by atoms with Crippen LogP contribution in [-0.2, 0) is 9.59 Å². The van der Waals surface area contributed by atoms with E-state index in [4.69, 9.17) is 5.11 Å². The van der Waals surface area contributed by atoms with Gasteiger partial charge >= 0.3 is 5.97 Å². The Morgan fingerprint density at radius 3 is 2.65 bits per heavy atom. The number of rotatable bonds is 4. The van der Waals surface area contributed by atoms with Gasteiger partial charge in [0.15, 0.2) is 0 Å². The normalized spacial score (nSPS) is 33.9. The topological polar surface area (TPSA) is 54.4 Å². The molecular formula is C20H30O3. The number of aliphatic carboxylic acids is 1. The van der Waals surface area contributed by atoms with Crippen LogP contribution in [0.1, 0.15) is 66.7 Å². The summed E-state index contributed by atoms with van der Waals surface area (Å²) in [6.07, 6.45) is 8.02. The molecule has 3 atom stereocenters. The fourth-order valence-electron chi connectivity index (χ4n) is 5.06. The van der Waals surface area contributed by atoms with Gasteiger partial charge in [0.25, 0.3) is 0 Å². The zero-order valence-electron chi connectivity index (χ0n) is 15.1. The van der Waals surface area contributed by atoms with Crippen molar-refractivity contribution >= 4 is 11.8 Å². The molecule has 2 rings (SSSR count). The minimum atomic E-state index is -0.869. The lowest BCUT2D eigenvalue weighted by Gasteiger charge is -2.56. The first kappa shape index (κ1) is 18.0. The molecule has 0 aromatic rings. The molecule has 23 heavy (non-hydrogen) atoms.